The van der Waals surface area contributed by atoms with Gasteiger partial charge in [0.25, 0.3) is 0 Å². The van der Waals surface area contributed by atoms with Gasteiger partial charge in [0, 0.05) is 12.8 Å². The predicted octanol–water partition coefficient (Wildman–Crippen LogP) is 5.29. The fraction of sp³-hybridized carbons (Fsp3) is 0.261. The van der Waals surface area contributed by atoms with Crippen LogP contribution in [0, 0.1) is 5.82 Å². The molecule has 1 amide bonds. The zero-order valence-electron chi connectivity index (χ0n) is 16.1. The first-order valence-corrected chi connectivity index (χ1v) is 9.37. The van der Waals surface area contributed by atoms with Crippen LogP contribution in [0.25, 0.3) is 11.3 Å². The van der Waals surface area contributed by atoms with Crippen LogP contribution in [-0.4, -0.2) is 13.0 Å². The lowest BCUT2D eigenvalue weighted by Crippen LogP contribution is -2.28. The second-order valence-electron chi connectivity index (χ2n) is 6.55. The van der Waals surface area contributed by atoms with E-state index in [9.17, 15) is 9.18 Å². The van der Waals surface area contributed by atoms with E-state index in [1.165, 1.54) is 6.07 Å². The molecule has 0 saturated heterocycles. The number of carbonyl (C=O) groups excluding carboxylic acids is 1. The van der Waals surface area contributed by atoms with E-state index in [4.69, 9.17) is 9.15 Å². The summed E-state index contributed by atoms with van der Waals surface area (Å²) >= 11 is 0. The van der Waals surface area contributed by atoms with Crippen molar-refractivity contribution >= 4 is 5.91 Å². The molecule has 1 N–H and O–H groups in total. The van der Waals surface area contributed by atoms with E-state index < -0.39 is 0 Å². The van der Waals surface area contributed by atoms with Crippen molar-refractivity contribution in [1.29, 1.82) is 0 Å². The predicted molar refractivity (Wildman–Crippen MR) is 107 cm³/mol. The molecule has 0 fully saturated rings. The highest BCUT2D eigenvalue weighted by molar-refractivity contribution is 5.76. The standard InChI is InChI=1S/C23H24FNO3/c1-3-21(16-8-10-17(27-2)11-9-16)25-23(26)15-13-18-12-14-22(28-18)19-6-4-5-7-20(19)24/h4-12,14,21H,3,13,15H2,1-2H3,(H,25,26). The van der Waals surface area contributed by atoms with Crippen LogP contribution < -0.4 is 10.1 Å². The number of ether oxygens (including phenoxy) is 1. The topological polar surface area (TPSA) is 51.5 Å². The summed E-state index contributed by atoms with van der Waals surface area (Å²) in [6.45, 7) is 2.03. The largest absolute Gasteiger partial charge is 0.497 e. The van der Waals surface area contributed by atoms with E-state index in [-0.39, 0.29) is 17.8 Å². The SMILES string of the molecule is CCC(NC(=O)CCc1ccc(-c2ccccc2F)o1)c1ccc(OC)cc1. The minimum absolute atomic E-state index is 0.0495. The zero-order valence-corrected chi connectivity index (χ0v) is 16.1. The maximum atomic E-state index is 13.9. The van der Waals surface area contributed by atoms with Gasteiger partial charge >= 0.3 is 0 Å². The lowest BCUT2D eigenvalue weighted by atomic mass is 10.0. The molecule has 0 aliphatic carbocycles. The van der Waals surface area contributed by atoms with Crippen LogP contribution in [0.3, 0.4) is 0 Å². The Hall–Kier alpha value is -3.08. The molecule has 0 saturated carbocycles. The van der Waals surface area contributed by atoms with Crippen molar-refractivity contribution in [3.63, 3.8) is 0 Å². The van der Waals surface area contributed by atoms with E-state index in [0.29, 0.717) is 29.9 Å². The second-order valence-corrected chi connectivity index (χ2v) is 6.55. The van der Waals surface area contributed by atoms with Crippen molar-refractivity contribution in [2.24, 2.45) is 0 Å². The fourth-order valence-electron chi connectivity index (χ4n) is 3.08. The van der Waals surface area contributed by atoms with Crippen molar-refractivity contribution in [2.75, 3.05) is 7.11 Å². The highest BCUT2D eigenvalue weighted by Crippen LogP contribution is 2.25. The molecule has 1 unspecified atom stereocenters. The summed E-state index contributed by atoms with van der Waals surface area (Å²) in [6, 6.07) is 17.6. The summed E-state index contributed by atoms with van der Waals surface area (Å²) in [6.07, 6.45) is 1.55. The summed E-state index contributed by atoms with van der Waals surface area (Å²) in [4.78, 5) is 12.4. The van der Waals surface area contributed by atoms with Gasteiger partial charge in [-0.25, -0.2) is 4.39 Å². The Morgan fingerprint density at radius 1 is 1.11 bits per heavy atom. The minimum Gasteiger partial charge on any atom is -0.497 e. The van der Waals surface area contributed by atoms with Crippen molar-refractivity contribution in [2.45, 2.75) is 32.2 Å². The summed E-state index contributed by atoms with van der Waals surface area (Å²) in [7, 11) is 1.63. The van der Waals surface area contributed by atoms with Gasteiger partial charge in [-0.1, -0.05) is 31.2 Å². The first-order valence-electron chi connectivity index (χ1n) is 9.37. The molecule has 0 bridgehead atoms. The van der Waals surface area contributed by atoms with Gasteiger partial charge in [0.1, 0.15) is 23.1 Å². The van der Waals surface area contributed by atoms with Crippen LogP contribution >= 0.6 is 0 Å². The Labute approximate surface area is 164 Å². The number of rotatable bonds is 8. The molecule has 0 radical (unpaired) electrons. The Kier molecular flexibility index (Phi) is 6.48. The van der Waals surface area contributed by atoms with Crippen LogP contribution in [-0.2, 0) is 11.2 Å². The van der Waals surface area contributed by atoms with Crippen LogP contribution in [0.1, 0.15) is 37.1 Å². The summed E-state index contributed by atoms with van der Waals surface area (Å²) < 4.78 is 24.7. The number of hydrogen-bond acceptors (Lipinski definition) is 3. The molecule has 1 heterocycles. The van der Waals surface area contributed by atoms with Crippen LogP contribution in [0.4, 0.5) is 4.39 Å². The number of furan rings is 1. The molecular weight excluding hydrogens is 357 g/mol. The quantitative estimate of drug-likeness (QED) is 0.576. The van der Waals surface area contributed by atoms with Gasteiger partial charge in [-0.3, -0.25) is 4.79 Å². The second kappa shape index (κ2) is 9.22. The summed E-state index contributed by atoms with van der Waals surface area (Å²) in [5.41, 5.74) is 1.46. The molecule has 4 nitrogen and oxygen atoms in total. The van der Waals surface area contributed by atoms with E-state index in [1.54, 1.807) is 37.4 Å². The molecule has 1 atom stereocenters. The Balaban J connectivity index is 1.57. The number of benzene rings is 2. The number of hydrogen-bond donors (Lipinski definition) is 1. The zero-order chi connectivity index (χ0) is 19.9. The van der Waals surface area contributed by atoms with Gasteiger partial charge in [-0.2, -0.15) is 0 Å². The van der Waals surface area contributed by atoms with Crippen molar-refractivity contribution in [3.8, 4) is 17.1 Å². The highest BCUT2D eigenvalue weighted by Gasteiger charge is 2.14. The Morgan fingerprint density at radius 2 is 1.86 bits per heavy atom. The maximum Gasteiger partial charge on any atom is 0.220 e. The third-order valence-electron chi connectivity index (χ3n) is 4.66. The third-order valence-corrected chi connectivity index (χ3v) is 4.66. The van der Waals surface area contributed by atoms with E-state index in [1.807, 2.05) is 31.2 Å². The molecule has 0 aliphatic heterocycles. The molecule has 28 heavy (non-hydrogen) atoms. The molecule has 0 spiro atoms. The molecule has 1 aromatic heterocycles. The number of methoxy groups -OCH3 is 1. The average Bonchev–Trinajstić information content (AvgIpc) is 3.20. The molecular formula is C23H24FNO3. The van der Waals surface area contributed by atoms with Gasteiger partial charge in [0.2, 0.25) is 5.91 Å². The Morgan fingerprint density at radius 3 is 2.54 bits per heavy atom. The molecule has 3 aromatic rings. The van der Waals surface area contributed by atoms with Crippen LogP contribution in [0.5, 0.6) is 5.75 Å². The summed E-state index contributed by atoms with van der Waals surface area (Å²) in [5, 5.41) is 3.06. The smallest absolute Gasteiger partial charge is 0.220 e. The van der Waals surface area contributed by atoms with Crippen molar-refractivity contribution in [1.82, 2.24) is 5.32 Å². The number of aryl methyl sites for hydroxylation is 1. The van der Waals surface area contributed by atoms with Gasteiger partial charge in [-0.05, 0) is 48.4 Å². The molecule has 3 rings (SSSR count). The Bertz CT molecular complexity index is 918. The molecule has 2 aromatic carbocycles. The van der Waals surface area contributed by atoms with Crippen LogP contribution in [0.2, 0.25) is 0 Å². The molecule has 146 valence electrons. The lowest BCUT2D eigenvalue weighted by molar-refractivity contribution is -0.121. The van der Waals surface area contributed by atoms with Crippen molar-refractivity contribution in [3.05, 3.63) is 77.8 Å². The molecule has 0 aliphatic rings. The van der Waals surface area contributed by atoms with Gasteiger partial charge in [0.15, 0.2) is 0 Å². The minimum atomic E-state index is -0.327. The number of halogens is 1. The lowest BCUT2D eigenvalue weighted by Gasteiger charge is -2.17. The van der Waals surface area contributed by atoms with Crippen LogP contribution in [0.15, 0.2) is 65.1 Å². The monoisotopic (exact) mass is 381 g/mol. The van der Waals surface area contributed by atoms with Crippen molar-refractivity contribution < 1.29 is 18.3 Å². The fourth-order valence-corrected chi connectivity index (χ4v) is 3.08. The first kappa shape index (κ1) is 19.7. The molecule has 5 heteroatoms. The van der Waals surface area contributed by atoms with E-state index in [2.05, 4.69) is 5.32 Å². The van der Waals surface area contributed by atoms with Gasteiger partial charge in [0.05, 0.1) is 18.7 Å². The first-order chi connectivity index (χ1) is 13.6. The normalized spacial score (nSPS) is 11.8. The highest BCUT2D eigenvalue weighted by atomic mass is 19.1. The number of carbonyl (C=O) groups is 1. The van der Waals surface area contributed by atoms with E-state index >= 15 is 0 Å². The average molecular weight is 381 g/mol. The van der Waals surface area contributed by atoms with E-state index in [0.717, 1.165) is 17.7 Å². The summed E-state index contributed by atoms with van der Waals surface area (Å²) in [5.74, 6) is 1.54. The van der Waals surface area contributed by atoms with Gasteiger partial charge in [-0.15, -0.1) is 0 Å². The number of amides is 1. The third kappa shape index (κ3) is 4.80. The van der Waals surface area contributed by atoms with Gasteiger partial charge < -0.3 is 14.5 Å². The number of nitrogens with one attached hydrogen (secondary N) is 1. The maximum absolute atomic E-state index is 13.9.